The van der Waals surface area contributed by atoms with Gasteiger partial charge >= 0.3 is 0 Å². The van der Waals surface area contributed by atoms with Crippen LogP contribution in [0.4, 0.5) is 10.1 Å². The van der Waals surface area contributed by atoms with Crippen LogP contribution < -0.4 is 10.5 Å². The molecule has 0 radical (unpaired) electrons. The molecule has 18 heavy (non-hydrogen) atoms. The number of hydrogen-bond acceptors (Lipinski definition) is 3. The van der Waals surface area contributed by atoms with Gasteiger partial charge in [-0.3, -0.25) is 0 Å². The normalized spacial score (nSPS) is 10.3. The molecule has 0 amide bonds. The molecule has 0 aliphatic carbocycles. The number of thioether (sulfide) groups is 1. The first kappa shape index (κ1) is 12.8. The van der Waals surface area contributed by atoms with Crippen molar-refractivity contribution in [1.82, 2.24) is 0 Å². The Morgan fingerprint density at radius 3 is 2.78 bits per heavy atom. The average Bonchev–Trinajstić information content (AvgIpc) is 2.40. The van der Waals surface area contributed by atoms with Gasteiger partial charge in [-0.25, -0.2) is 4.39 Å². The second-order valence-electron chi connectivity index (χ2n) is 3.78. The fraction of sp³-hybridized carbons (Fsp3) is 0.143. The van der Waals surface area contributed by atoms with Crippen molar-refractivity contribution in [2.75, 3.05) is 12.8 Å². The molecule has 0 saturated carbocycles. The number of anilines is 1. The zero-order chi connectivity index (χ0) is 13.0. The molecule has 0 spiro atoms. The van der Waals surface area contributed by atoms with Crippen LogP contribution in [0.3, 0.4) is 0 Å². The van der Waals surface area contributed by atoms with Gasteiger partial charge in [0, 0.05) is 16.3 Å². The number of rotatable bonds is 4. The van der Waals surface area contributed by atoms with E-state index in [-0.39, 0.29) is 5.82 Å². The Bertz CT molecular complexity index is 545. The Balaban J connectivity index is 2.14. The fourth-order valence-corrected chi connectivity index (χ4v) is 2.62. The van der Waals surface area contributed by atoms with Gasteiger partial charge in [0.05, 0.1) is 7.11 Å². The zero-order valence-corrected chi connectivity index (χ0v) is 10.8. The van der Waals surface area contributed by atoms with E-state index in [2.05, 4.69) is 0 Å². The maximum absolute atomic E-state index is 13.1. The molecule has 2 aromatic carbocycles. The Morgan fingerprint density at radius 2 is 2.00 bits per heavy atom. The highest BCUT2D eigenvalue weighted by Gasteiger charge is 2.05. The highest BCUT2D eigenvalue weighted by atomic mass is 32.2. The molecule has 0 aliphatic rings. The van der Waals surface area contributed by atoms with E-state index < -0.39 is 0 Å². The van der Waals surface area contributed by atoms with Crippen LogP contribution in [-0.2, 0) is 5.75 Å². The van der Waals surface area contributed by atoms with Crippen LogP contribution in [-0.4, -0.2) is 7.11 Å². The number of benzene rings is 2. The highest BCUT2D eigenvalue weighted by molar-refractivity contribution is 7.98. The third-order valence-corrected chi connectivity index (χ3v) is 3.66. The van der Waals surface area contributed by atoms with Gasteiger partial charge in [0.2, 0.25) is 0 Å². The van der Waals surface area contributed by atoms with Gasteiger partial charge in [-0.2, -0.15) is 0 Å². The van der Waals surface area contributed by atoms with Gasteiger partial charge < -0.3 is 10.5 Å². The van der Waals surface area contributed by atoms with Gasteiger partial charge in [-0.05, 0) is 35.9 Å². The Labute approximate surface area is 110 Å². The van der Waals surface area contributed by atoms with Crippen molar-refractivity contribution in [3.05, 3.63) is 53.8 Å². The van der Waals surface area contributed by atoms with Crippen molar-refractivity contribution in [2.45, 2.75) is 10.6 Å². The molecular weight excluding hydrogens is 249 g/mol. The second kappa shape index (κ2) is 5.78. The van der Waals surface area contributed by atoms with E-state index in [1.54, 1.807) is 24.9 Å². The third-order valence-electron chi connectivity index (χ3n) is 2.56. The Kier molecular flexibility index (Phi) is 4.10. The summed E-state index contributed by atoms with van der Waals surface area (Å²) in [6.07, 6.45) is 0. The van der Waals surface area contributed by atoms with Gasteiger partial charge in [-0.1, -0.05) is 12.1 Å². The van der Waals surface area contributed by atoms with Crippen molar-refractivity contribution in [3.63, 3.8) is 0 Å². The topological polar surface area (TPSA) is 35.2 Å². The van der Waals surface area contributed by atoms with Crippen LogP contribution in [0.25, 0.3) is 0 Å². The summed E-state index contributed by atoms with van der Waals surface area (Å²) in [7, 11) is 1.63. The first-order chi connectivity index (χ1) is 8.70. The molecule has 4 heteroatoms. The lowest BCUT2D eigenvalue weighted by Gasteiger charge is -2.09. The van der Waals surface area contributed by atoms with E-state index in [0.717, 1.165) is 16.2 Å². The molecule has 0 aromatic heterocycles. The van der Waals surface area contributed by atoms with Crippen molar-refractivity contribution in [3.8, 4) is 5.75 Å². The smallest absolute Gasteiger partial charge is 0.132 e. The molecule has 0 heterocycles. The summed E-state index contributed by atoms with van der Waals surface area (Å²) in [5.41, 5.74) is 7.22. The van der Waals surface area contributed by atoms with Crippen LogP contribution >= 0.6 is 11.8 Å². The van der Waals surface area contributed by atoms with E-state index in [0.29, 0.717) is 11.4 Å². The number of ether oxygens (including phenoxy) is 1. The Hall–Kier alpha value is -1.68. The maximum Gasteiger partial charge on any atom is 0.132 e. The predicted octanol–water partition coefficient (Wildman–Crippen LogP) is 3.71. The fourth-order valence-electron chi connectivity index (χ4n) is 1.59. The summed E-state index contributed by atoms with van der Waals surface area (Å²) in [5.74, 6) is 1.17. The lowest BCUT2D eigenvalue weighted by atomic mass is 10.2. The van der Waals surface area contributed by atoms with Crippen molar-refractivity contribution in [2.24, 2.45) is 0 Å². The minimum Gasteiger partial charge on any atom is -0.496 e. The molecule has 2 aromatic rings. The third kappa shape index (κ3) is 2.96. The minimum atomic E-state index is -0.264. The van der Waals surface area contributed by atoms with Crippen LogP contribution in [0.1, 0.15) is 5.56 Å². The molecule has 0 aliphatic heterocycles. The summed E-state index contributed by atoms with van der Waals surface area (Å²) in [6, 6.07) is 12.2. The lowest BCUT2D eigenvalue weighted by Crippen LogP contribution is -1.94. The van der Waals surface area contributed by atoms with E-state index in [1.807, 2.05) is 24.3 Å². The lowest BCUT2D eigenvalue weighted by molar-refractivity contribution is 0.405. The molecule has 2 nitrogen and oxygen atoms in total. The number of nitrogen functional groups attached to an aromatic ring is 1. The van der Waals surface area contributed by atoms with E-state index in [9.17, 15) is 4.39 Å². The minimum absolute atomic E-state index is 0.264. The van der Waals surface area contributed by atoms with Gasteiger partial charge in [-0.15, -0.1) is 11.8 Å². The summed E-state index contributed by atoms with van der Waals surface area (Å²) >= 11 is 1.58. The van der Waals surface area contributed by atoms with E-state index in [4.69, 9.17) is 10.5 Å². The maximum atomic E-state index is 13.1. The molecule has 0 atom stereocenters. The number of halogens is 1. The number of hydrogen-bond donors (Lipinski definition) is 1. The second-order valence-corrected chi connectivity index (χ2v) is 4.80. The molecule has 0 bridgehead atoms. The van der Waals surface area contributed by atoms with Crippen LogP contribution in [0, 0.1) is 5.82 Å². The Morgan fingerprint density at radius 1 is 1.22 bits per heavy atom. The number of nitrogens with two attached hydrogens (primary N) is 1. The van der Waals surface area contributed by atoms with E-state index >= 15 is 0 Å². The van der Waals surface area contributed by atoms with Crippen LogP contribution in [0.2, 0.25) is 0 Å². The zero-order valence-electron chi connectivity index (χ0n) is 10.0. The van der Waals surface area contributed by atoms with Crippen LogP contribution in [0.15, 0.2) is 47.4 Å². The quantitative estimate of drug-likeness (QED) is 0.674. The standard InChI is InChI=1S/C14H14FNOS/c1-17-13-4-2-3-5-14(13)18-9-10-8-11(15)6-7-12(10)16/h2-8H,9,16H2,1H3. The molecular formula is C14H14FNOS. The molecule has 0 fully saturated rings. The first-order valence-electron chi connectivity index (χ1n) is 5.50. The highest BCUT2D eigenvalue weighted by Crippen LogP contribution is 2.32. The molecule has 2 N–H and O–H groups in total. The monoisotopic (exact) mass is 263 g/mol. The summed E-state index contributed by atoms with van der Waals surface area (Å²) < 4.78 is 18.4. The van der Waals surface area contributed by atoms with Crippen molar-refractivity contribution < 1.29 is 9.13 Å². The van der Waals surface area contributed by atoms with Gasteiger partial charge in [0.15, 0.2) is 0 Å². The predicted molar refractivity (Wildman–Crippen MR) is 73.4 cm³/mol. The average molecular weight is 263 g/mol. The number of methoxy groups -OCH3 is 1. The summed E-state index contributed by atoms with van der Waals surface area (Å²) in [6.45, 7) is 0. The number of para-hydroxylation sites is 1. The summed E-state index contributed by atoms with van der Waals surface area (Å²) in [5, 5.41) is 0. The van der Waals surface area contributed by atoms with E-state index in [1.165, 1.54) is 12.1 Å². The first-order valence-corrected chi connectivity index (χ1v) is 6.49. The summed E-state index contributed by atoms with van der Waals surface area (Å²) in [4.78, 5) is 1.02. The molecule has 0 unspecified atom stereocenters. The molecule has 2 rings (SSSR count). The van der Waals surface area contributed by atoms with Crippen molar-refractivity contribution in [1.29, 1.82) is 0 Å². The molecule has 94 valence electrons. The van der Waals surface area contributed by atoms with Gasteiger partial charge in [0.25, 0.3) is 0 Å². The van der Waals surface area contributed by atoms with Crippen molar-refractivity contribution >= 4 is 17.4 Å². The van der Waals surface area contributed by atoms with Crippen LogP contribution in [0.5, 0.6) is 5.75 Å². The van der Waals surface area contributed by atoms with Gasteiger partial charge in [0.1, 0.15) is 11.6 Å². The SMILES string of the molecule is COc1ccccc1SCc1cc(F)ccc1N. The largest absolute Gasteiger partial charge is 0.496 e. The molecule has 0 saturated heterocycles.